The van der Waals surface area contributed by atoms with E-state index in [1.165, 1.54) is 46.8 Å². The van der Waals surface area contributed by atoms with Crippen molar-refractivity contribution in [2.24, 2.45) is 16.1 Å². The number of aliphatic imine (C=N–C) groups is 1. The fraction of sp³-hybridized carbons (Fsp3) is 0.444. The van der Waals surface area contributed by atoms with Crippen LogP contribution in [-0.4, -0.2) is 74.6 Å². The lowest BCUT2D eigenvalue weighted by atomic mass is 10.0. The Morgan fingerprint density at radius 2 is 1.79 bits per heavy atom. The molecule has 3 atom stereocenters. The zero-order valence-electron chi connectivity index (χ0n) is 30.9. The van der Waals surface area contributed by atoms with E-state index in [2.05, 4.69) is 47.9 Å². The molecule has 2 aliphatic carbocycles. The van der Waals surface area contributed by atoms with Gasteiger partial charge in [-0.3, -0.25) is 9.69 Å². The standard InChI is InChI=1S/C31H26ClF6N9O4S.C5H12/c32-20-6-2-15(10-22(20)47-26(25(34)35)40-14-42-47)23(13-51-29(49)44-30(7-8-30)31(36,37)38)46-27(48)24(43-28(46)39)16-1-5-19(21(33)9-16)17-11-41-45(12-17)52(50)18-3-4-18;1-5(2,3)4/h1-2,5-6,9-12,14,18,23-25H,3-4,7-8,13H2,(H2,39,43)(H,44,49);1-4H3. The highest BCUT2D eigenvalue weighted by Gasteiger charge is 2.64. The molecule has 0 bridgehead atoms. The molecule has 2 amide bonds. The van der Waals surface area contributed by atoms with Crippen molar-refractivity contribution < 1.29 is 44.9 Å². The van der Waals surface area contributed by atoms with Gasteiger partial charge in [0.25, 0.3) is 12.3 Å². The van der Waals surface area contributed by atoms with Crippen molar-refractivity contribution in [1.29, 1.82) is 0 Å². The molecule has 3 aliphatic rings. The van der Waals surface area contributed by atoms with E-state index in [-0.39, 0.29) is 45.5 Å². The Kier molecular flexibility index (Phi) is 11.5. The number of alkyl carbamates (subject to hydrolysis) is 1. The average molecular weight is 842 g/mol. The lowest BCUT2D eigenvalue weighted by Crippen LogP contribution is -2.49. The molecular weight excluding hydrogens is 804 g/mol. The van der Waals surface area contributed by atoms with E-state index in [0.717, 1.165) is 34.8 Å². The van der Waals surface area contributed by atoms with E-state index < -0.39 is 77.4 Å². The van der Waals surface area contributed by atoms with Gasteiger partial charge in [-0.15, -0.1) is 0 Å². The molecule has 3 N–H and O–H groups in total. The third kappa shape index (κ3) is 9.27. The first-order valence-electron chi connectivity index (χ1n) is 17.6. The summed E-state index contributed by atoms with van der Waals surface area (Å²) >= 11 is 6.32. The van der Waals surface area contributed by atoms with Crippen molar-refractivity contribution >= 4 is 40.5 Å². The van der Waals surface area contributed by atoms with E-state index in [1.807, 2.05) is 5.32 Å². The maximum absolute atomic E-state index is 15.5. The van der Waals surface area contributed by atoms with Crippen molar-refractivity contribution in [2.75, 3.05) is 6.61 Å². The zero-order chi connectivity index (χ0) is 41.6. The summed E-state index contributed by atoms with van der Waals surface area (Å²) in [5.74, 6) is -2.77. The molecule has 2 aromatic carbocycles. The van der Waals surface area contributed by atoms with E-state index in [0.29, 0.717) is 11.0 Å². The lowest BCUT2D eigenvalue weighted by molar-refractivity contribution is -0.164. The number of ether oxygens (including phenoxy) is 1. The van der Waals surface area contributed by atoms with Crippen LogP contribution < -0.4 is 11.1 Å². The van der Waals surface area contributed by atoms with Crippen molar-refractivity contribution in [3.05, 3.63) is 82.9 Å². The highest BCUT2D eigenvalue weighted by atomic mass is 35.5. The van der Waals surface area contributed by atoms with Gasteiger partial charge in [0.2, 0.25) is 0 Å². The number of hydrogen-bond donors (Lipinski definition) is 2. The third-order valence-corrected chi connectivity index (χ3v) is 10.8. The van der Waals surface area contributed by atoms with Crippen LogP contribution in [0.15, 0.2) is 60.1 Å². The van der Waals surface area contributed by atoms with Crippen LogP contribution in [0.25, 0.3) is 16.8 Å². The summed E-state index contributed by atoms with van der Waals surface area (Å²) in [6, 6.07) is 4.95. The number of alkyl halides is 5. The zero-order valence-corrected chi connectivity index (χ0v) is 32.5. The first-order chi connectivity index (χ1) is 26.7. The number of rotatable bonds is 11. The molecule has 2 aromatic heterocycles. The molecule has 13 nitrogen and oxygen atoms in total. The summed E-state index contributed by atoms with van der Waals surface area (Å²) in [6.07, 6.45) is -4.66. The molecule has 0 spiro atoms. The van der Waals surface area contributed by atoms with Crippen LogP contribution in [0.2, 0.25) is 5.02 Å². The van der Waals surface area contributed by atoms with E-state index in [9.17, 15) is 35.8 Å². The maximum atomic E-state index is 15.5. The SMILES string of the molecule is CC(C)(C)C.NC1=NC(c2ccc(-c3cnn(S(=O)C4CC4)c3)c(F)c2)C(=O)N1C(COC(=O)NC1(C(F)(F)F)CC1)c1ccc(Cl)c(-n2ncnc2C(F)F)c1. The number of carbonyl (C=O) groups excluding carboxylic acids is 2. The first-order valence-corrected chi connectivity index (χ1v) is 19.1. The molecule has 306 valence electrons. The molecule has 2 fully saturated rings. The molecule has 0 saturated heterocycles. The van der Waals surface area contributed by atoms with Gasteiger partial charge in [-0.2, -0.15) is 27.5 Å². The van der Waals surface area contributed by atoms with Gasteiger partial charge in [-0.05, 0) is 60.4 Å². The molecule has 2 saturated carbocycles. The molecule has 3 heterocycles. The quantitative estimate of drug-likeness (QED) is 0.148. The fourth-order valence-electron chi connectivity index (χ4n) is 5.72. The molecule has 57 heavy (non-hydrogen) atoms. The van der Waals surface area contributed by atoms with Gasteiger partial charge in [0.05, 0.1) is 28.2 Å². The normalized spacial score (nSPS) is 18.8. The smallest absolute Gasteiger partial charge is 0.411 e. The number of nitrogens with two attached hydrogens (primary N) is 1. The summed E-state index contributed by atoms with van der Waals surface area (Å²) < 4.78 is 103. The Labute approximate surface area is 330 Å². The Morgan fingerprint density at radius 3 is 2.39 bits per heavy atom. The third-order valence-electron chi connectivity index (χ3n) is 8.82. The summed E-state index contributed by atoms with van der Waals surface area (Å²) in [7, 11) is -1.38. The van der Waals surface area contributed by atoms with Crippen LogP contribution in [0.1, 0.15) is 88.8 Å². The van der Waals surface area contributed by atoms with Crippen LogP contribution in [0.4, 0.5) is 31.1 Å². The highest BCUT2D eigenvalue weighted by Crippen LogP contribution is 2.49. The minimum absolute atomic E-state index is 0.00454. The number of amides is 2. The van der Waals surface area contributed by atoms with Crippen LogP contribution >= 0.6 is 11.6 Å². The van der Waals surface area contributed by atoms with Crippen LogP contribution in [-0.2, 0) is 20.5 Å². The van der Waals surface area contributed by atoms with E-state index in [4.69, 9.17) is 22.1 Å². The Bertz CT molecular complexity index is 2210. The molecular formula is C36H38ClF6N9O4S. The molecule has 1 aliphatic heterocycles. The van der Waals surface area contributed by atoms with Gasteiger partial charge >= 0.3 is 12.3 Å². The number of halogens is 7. The van der Waals surface area contributed by atoms with Crippen molar-refractivity contribution in [3.63, 3.8) is 0 Å². The van der Waals surface area contributed by atoms with Crippen LogP contribution in [0, 0.1) is 11.2 Å². The number of nitrogens with one attached hydrogen (secondary N) is 1. The Balaban J connectivity index is 0.00000103. The Morgan fingerprint density at radius 1 is 1.11 bits per heavy atom. The van der Waals surface area contributed by atoms with E-state index in [1.54, 1.807) is 0 Å². The van der Waals surface area contributed by atoms with Gasteiger partial charge in [0.1, 0.15) is 35.3 Å². The largest absolute Gasteiger partial charge is 0.447 e. The molecule has 3 unspecified atom stereocenters. The number of hydrogen-bond acceptors (Lipinski definition) is 9. The van der Waals surface area contributed by atoms with Gasteiger partial charge in [-0.25, -0.2) is 36.8 Å². The number of benzene rings is 2. The van der Waals surface area contributed by atoms with Crippen molar-refractivity contribution in [2.45, 2.75) is 88.9 Å². The number of nitrogens with zero attached hydrogens (tertiary/aromatic N) is 7. The second-order valence-electron chi connectivity index (χ2n) is 15.3. The summed E-state index contributed by atoms with van der Waals surface area (Å²) in [6.45, 7) is 7.97. The van der Waals surface area contributed by atoms with Crippen LogP contribution in [0.3, 0.4) is 0 Å². The maximum Gasteiger partial charge on any atom is 0.411 e. The number of aromatic nitrogens is 5. The number of carbonyl (C=O) groups is 2. The van der Waals surface area contributed by atoms with Gasteiger partial charge < -0.3 is 15.8 Å². The minimum atomic E-state index is -4.74. The molecule has 21 heteroatoms. The van der Waals surface area contributed by atoms with E-state index >= 15 is 4.39 Å². The van der Waals surface area contributed by atoms with Crippen molar-refractivity contribution in [3.8, 4) is 16.8 Å². The monoisotopic (exact) mass is 841 g/mol. The molecule has 7 rings (SSSR count). The summed E-state index contributed by atoms with van der Waals surface area (Å²) in [4.78, 5) is 35.3. The minimum Gasteiger partial charge on any atom is -0.447 e. The first kappa shape index (κ1) is 41.6. The van der Waals surface area contributed by atoms with Crippen LogP contribution in [0.5, 0.6) is 0 Å². The van der Waals surface area contributed by atoms with Gasteiger partial charge in [0.15, 0.2) is 17.8 Å². The second-order valence-corrected chi connectivity index (χ2v) is 17.3. The predicted octanol–water partition coefficient (Wildman–Crippen LogP) is 7.35. The van der Waals surface area contributed by atoms with Gasteiger partial charge in [0, 0.05) is 17.3 Å². The molecule has 4 aromatic rings. The average Bonchev–Trinajstić information content (AvgIpc) is 3.98. The second kappa shape index (κ2) is 15.8. The summed E-state index contributed by atoms with van der Waals surface area (Å²) in [5.41, 5.74) is 4.75. The lowest BCUT2D eigenvalue weighted by Gasteiger charge is -2.29. The van der Waals surface area contributed by atoms with Gasteiger partial charge in [-0.1, -0.05) is 57.5 Å². The fourth-order valence-corrected chi connectivity index (χ4v) is 7.12. The topological polar surface area (TPSA) is 163 Å². The number of guanidine groups is 1. The van der Waals surface area contributed by atoms with Crippen molar-refractivity contribution in [1.82, 2.24) is 34.2 Å². The molecule has 0 radical (unpaired) electrons. The summed E-state index contributed by atoms with van der Waals surface area (Å²) in [5, 5.41) is 9.64. The Hall–Kier alpha value is -4.98. The predicted molar refractivity (Wildman–Crippen MR) is 197 cm³/mol. The highest BCUT2D eigenvalue weighted by molar-refractivity contribution is 7.84.